The maximum absolute atomic E-state index is 10.7. The van der Waals surface area contributed by atoms with Gasteiger partial charge in [-0.25, -0.2) is 0 Å². The van der Waals surface area contributed by atoms with Gasteiger partial charge >= 0.3 is 0 Å². The second-order valence-electron chi connectivity index (χ2n) is 4.10. The summed E-state index contributed by atoms with van der Waals surface area (Å²) in [6.07, 6.45) is 2.56. The van der Waals surface area contributed by atoms with Gasteiger partial charge in [-0.3, -0.25) is 4.79 Å². The second kappa shape index (κ2) is 7.77. The van der Waals surface area contributed by atoms with E-state index in [-0.39, 0.29) is 19.0 Å². The van der Waals surface area contributed by atoms with Crippen LogP contribution in [0.25, 0.3) is 6.08 Å². The van der Waals surface area contributed by atoms with Crippen LogP contribution in [0.1, 0.15) is 18.9 Å². The van der Waals surface area contributed by atoms with Gasteiger partial charge in [-0.05, 0) is 29.7 Å². The lowest BCUT2D eigenvalue weighted by Gasteiger charge is -2.12. The number of halogens is 1. The molecule has 1 aromatic rings. The zero-order chi connectivity index (χ0) is 15.1. The van der Waals surface area contributed by atoms with Gasteiger partial charge in [0, 0.05) is 0 Å². The number of primary amides is 1. The maximum Gasteiger partial charge on any atom is 0.255 e. The minimum atomic E-state index is -0.597. The number of rotatable bonds is 7. The van der Waals surface area contributed by atoms with Crippen molar-refractivity contribution in [3.63, 3.8) is 0 Å². The lowest BCUT2D eigenvalue weighted by Crippen LogP contribution is -2.20. The maximum atomic E-state index is 10.7. The number of methoxy groups -OCH3 is 1. The van der Waals surface area contributed by atoms with Crippen LogP contribution in [0, 0.1) is 0 Å². The molecule has 6 heteroatoms. The molecule has 0 bridgehead atoms. The first-order chi connectivity index (χ1) is 9.51. The highest BCUT2D eigenvalue weighted by Gasteiger charge is 2.12. The van der Waals surface area contributed by atoms with E-state index in [1.807, 2.05) is 13.0 Å². The Hall–Kier alpha value is -1.72. The smallest absolute Gasteiger partial charge is 0.255 e. The van der Waals surface area contributed by atoms with Crippen LogP contribution < -0.4 is 15.2 Å². The molecule has 0 saturated heterocycles. The molecule has 0 atom stereocenters. The summed E-state index contributed by atoms with van der Waals surface area (Å²) in [6, 6.07) is 3.39. The molecule has 0 unspecified atom stereocenters. The number of hydrogen-bond acceptors (Lipinski definition) is 4. The molecule has 0 heterocycles. The average Bonchev–Trinajstić information content (AvgIpc) is 2.42. The van der Waals surface area contributed by atoms with E-state index in [0.29, 0.717) is 10.8 Å². The lowest BCUT2D eigenvalue weighted by molar-refractivity contribution is -0.119. The summed E-state index contributed by atoms with van der Waals surface area (Å²) in [7, 11) is 1.48. The van der Waals surface area contributed by atoms with Crippen molar-refractivity contribution in [1.82, 2.24) is 0 Å². The minimum absolute atomic E-state index is 0.0175. The van der Waals surface area contributed by atoms with Gasteiger partial charge < -0.3 is 20.3 Å². The Balaban J connectivity index is 3.12. The van der Waals surface area contributed by atoms with E-state index in [1.54, 1.807) is 12.1 Å². The molecule has 0 saturated carbocycles. The van der Waals surface area contributed by atoms with Crippen molar-refractivity contribution in [1.29, 1.82) is 0 Å². The standard InChI is InChI=1S/C14H18ClNO4/c1-3-9(7-17)4-10-5-11(15)14(12(6-10)19-2)20-8-13(16)18/h4-6,17H,3,7-8H2,1-2H3,(H2,16,18). The van der Waals surface area contributed by atoms with Crippen LogP contribution >= 0.6 is 11.6 Å². The third kappa shape index (κ3) is 4.43. The molecule has 0 aromatic heterocycles. The Morgan fingerprint density at radius 3 is 2.70 bits per heavy atom. The summed E-state index contributed by atoms with van der Waals surface area (Å²) in [6.45, 7) is 1.66. The molecule has 20 heavy (non-hydrogen) atoms. The SMILES string of the molecule is CCC(=Cc1cc(Cl)c(OCC(N)=O)c(OC)c1)CO. The average molecular weight is 300 g/mol. The normalized spacial score (nSPS) is 11.3. The fraction of sp³-hybridized carbons (Fsp3) is 0.357. The van der Waals surface area contributed by atoms with Crippen LogP contribution in [0.5, 0.6) is 11.5 Å². The van der Waals surface area contributed by atoms with Crippen LogP contribution in [0.4, 0.5) is 0 Å². The van der Waals surface area contributed by atoms with Gasteiger partial charge in [-0.15, -0.1) is 0 Å². The van der Waals surface area contributed by atoms with Crippen molar-refractivity contribution < 1.29 is 19.4 Å². The molecule has 1 amide bonds. The number of ether oxygens (including phenoxy) is 2. The van der Waals surface area contributed by atoms with Gasteiger partial charge in [-0.2, -0.15) is 0 Å². The number of aliphatic hydroxyl groups excluding tert-OH is 1. The number of nitrogens with two attached hydrogens (primary N) is 1. The molecule has 110 valence electrons. The molecule has 0 radical (unpaired) electrons. The number of carbonyl (C=O) groups excluding carboxylic acids is 1. The highest BCUT2D eigenvalue weighted by molar-refractivity contribution is 6.32. The Kier molecular flexibility index (Phi) is 6.35. The van der Waals surface area contributed by atoms with E-state index in [9.17, 15) is 9.90 Å². The Morgan fingerprint density at radius 1 is 1.50 bits per heavy atom. The third-order valence-electron chi connectivity index (χ3n) is 2.64. The fourth-order valence-electron chi connectivity index (χ4n) is 1.60. The number of hydrogen-bond donors (Lipinski definition) is 2. The van der Waals surface area contributed by atoms with Crippen molar-refractivity contribution in [2.45, 2.75) is 13.3 Å². The number of aliphatic hydroxyl groups is 1. The molecule has 0 spiro atoms. The minimum Gasteiger partial charge on any atom is -0.493 e. The van der Waals surface area contributed by atoms with Crippen LogP contribution in [-0.2, 0) is 4.79 Å². The van der Waals surface area contributed by atoms with E-state index in [0.717, 1.165) is 17.6 Å². The molecule has 1 rings (SSSR count). The van der Waals surface area contributed by atoms with E-state index >= 15 is 0 Å². The highest BCUT2D eigenvalue weighted by atomic mass is 35.5. The van der Waals surface area contributed by atoms with Crippen molar-refractivity contribution in [3.05, 3.63) is 28.3 Å². The molecule has 0 aliphatic heterocycles. The molecule has 5 nitrogen and oxygen atoms in total. The van der Waals surface area contributed by atoms with Gasteiger partial charge in [0.25, 0.3) is 5.91 Å². The van der Waals surface area contributed by atoms with Crippen molar-refractivity contribution in [2.75, 3.05) is 20.3 Å². The largest absolute Gasteiger partial charge is 0.493 e. The molecule has 0 aliphatic carbocycles. The summed E-state index contributed by atoms with van der Waals surface area (Å²) in [5.41, 5.74) is 6.68. The first-order valence-electron chi connectivity index (χ1n) is 6.10. The summed E-state index contributed by atoms with van der Waals surface area (Å²) in [4.78, 5) is 10.7. The molecule has 1 aromatic carbocycles. The highest BCUT2D eigenvalue weighted by Crippen LogP contribution is 2.37. The second-order valence-corrected chi connectivity index (χ2v) is 4.51. The van der Waals surface area contributed by atoms with Gasteiger partial charge in [0.2, 0.25) is 0 Å². The predicted molar refractivity (Wildman–Crippen MR) is 78.0 cm³/mol. The number of carbonyl (C=O) groups is 1. The molecule has 0 aliphatic rings. The summed E-state index contributed by atoms with van der Waals surface area (Å²) in [5.74, 6) is 0.0752. The molecule has 0 fully saturated rings. The van der Waals surface area contributed by atoms with Crippen LogP contribution in [0.3, 0.4) is 0 Å². The quantitative estimate of drug-likeness (QED) is 0.807. The van der Waals surface area contributed by atoms with E-state index < -0.39 is 5.91 Å². The van der Waals surface area contributed by atoms with E-state index in [1.165, 1.54) is 7.11 Å². The van der Waals surface area contributed by atoms with Gasteiger partial charge in [0.15, 0.2) is 18.1 Å². The first kappa shape index (κ1) is 16.3. The number of amides is 1. The predicted octanol–water partition coefficient (Wildman–Crippen LogP) is 2.00. The summed E-state index contributed by atoms with van der Waals surface area (Å²) in [5, 5.41) is 9.48. The van der Waals surface area contributed by atoms with Crippen molar-refractivity contribution >= 4 is 23.6 Å². The van der Waals surface area contributed by atoms with Crippen LogP contribution in [-0.4, -0.2) is 31.3 Å². The molecular formula is C14H18ClNO4. The zero-order valence-corrected chi connectivity index (χ0v) is 12.2. The van der Waals surface area contributed by atoms with Gasteiger partial charge in [-0.1, -0.05) is 24.6 Å². The molecular weight excluding hydrogens is 282 g/mol. The lowest BCUT2D eigenvalue weighted by atomic mass is 10.1. The topological polar surface area (TPSA) is 81.8 Å². The first-order valence-corrected chi connectivity index (χ1v) is 6.48. The zero-order valence-electron chi connectivity index (χ0n) is 11.5. The fourth-order valence-corrected chi connectivity index (χ4v) is 1.88. The van der Waals surface area contributed by atoms with Crippen molar-refractivity contribution in [3.8, 4) is 11.5 Å². The van der Waals surface area contributed by atoms with Crippen LogP contribution in [0.2, 0.25) is 5.02 Å². The monoisotopic (exact) mass is 299 g/mol. The Labute approximate surface area is 122 Å². The van der Waals surface area contributed by atoms with Crippen molar-refractivity contribution in [2.24, 2.45) is 5.73 Å². The van der Waals surface area contributed by atoms with E-state index in [4.69, 9.17) is 26.8 Å². The summed E-state index contributed by atoms with van der Waals surface area (Å²) < 4.78 is 10.4. The number of benzene rings is 1. The van der Waals surface area contributed by atoms with Gasteiger partial charge in [0.05, 0.1) is 18.7 Å². The summed E-state index contributed by atoms with van der Waals surface area (Å²) >= 11 is 6.12. The Morgan fingerprint density at radius 2 is 2.20 bits per heavy atom. The Bertz CT molecular complexity index is 508. The molecule has 3 N–H and O–H groups in total. The third-order valence-corrected chi connectivity index (χ3v) is 2.92. The van der Waals surface area contributed by atoms with Crippen LogP contribution in [0.15, 0.2) is 17.7 Å². The van der Waals surface area contributed by atoms with E-state index in [2.05, 4.69) is 0 Å². The van der Waals surface area contributed by atoms with Gasteiger partial charge in [0.1, 0.15) is 0 Å².